The van der Waals surface area contributed by atoms with Gasteiger partial charge in [0.05, 0.1) is 12.1 Å². The van der Waals surface area contributed by atoms with E-state index in [2.05, 4.69) is 43.8 Å². The molecule has 88 valence electrons. The Morgan fingerprint density at radius 1 is 1.41 bits per heavy atom. The number of hydrogen-bond donors (Lipinski definition) is 1. The Kier molecular flexibility index (Phi) is 4.58. The Morgan fingerprint density at radius 3 is 2.82 bits per heavy atom. The van der Waals surface area contributed by atoms with Gasteiger partial charge in [-0.1, -0.05) is 12.1 Å². The Balaban J connectivity index is 2.01. The maximum atomic E-state index is 11.9. The number of benzene rings is 1. The van der Waals surface area contributed by atoms with Gasteiger partial charge in [-0.05, 0) is 56.7 Å². The molecule has 0 saturated carbocycles. The number of carbonyl (C=O) groups excluding carboxylic acids is 1. The van der Waals surface area contributed by atoms with Crippen molar-refractivity contribution in [1.82, 2.24) is 5.32 Å². The van der Waals surface area contributed by atoms with Gasteiger partial charge in [-0.25, -0.2) is 0 Å². The lowest BCUT2D eigenvalue weighted by Crippen LogP contribution is -2.23. The van der Waals surface area contributed by atoms with Crippen molar-refractivity contribution >= 4 is 55.8 Å². The predicted molar refractivity (Wildman–Crippen MR) is 82.3 cm³/mol. The topological polar surface area (TPSA) is 29.1 Å². The van der Waals surface area contributed by atoms with E-state index in [-0.39, 0.29) is 5.91 Å². The highest BCUT2D eigenvalue weighted by Crippen LogP contribution is 2.19. The quantitative estimate of drug-likeness (QED) is 0.744. The number of amides is 1. The Hall–Kier alpha value is -0.400. The van der Waals surface area contributed by atoms with Crippen LogP contribution in [0.5, 0.6) is 0 Å². The lowest BCUT2D eigenvalue weighted by atomic mass is 10.2. The summed E-state index contributed by atoms with van der Waals surface area (Å²) in [4.78, 5) is 13.1. The molecule has 0 bridgehead atoms. The van der Waals surface area contributed by atoms with E-state index in [1.54, 1.807) is 11.3 Å². The molecule has 1 aromatic carbocycles. The van der Waals surface area contributed by atoms with E-state index in [0.29, 0.717) is 6.54 Å². The van der Waals surface area contributed by atoms with Gasteiger partial charge >= 0.3 is 0 Å². The van der Waals surface area contributed by atoms with Gasteiger partial charge in [-0.3, -0.25) is 4.79 Å². The molecule has 17 heavy (non-hydrogen) atoms. The molecule has 1 aromatic heterocycles. The van der Waals surface area contributed by atoms with Crippen molar-refractivity contribution in [2.75, 3.05) is 0 Å². The molecular formula is C12H9BrINOS. The monoisotopic (exact) mass is 421 g/mol. The minimum atomic E-state index is -0.0282. The number of carbonyl (C=O) groups is 1. The van der Waals surface area contributed by atoms with E-state index in [4.69, 9.17) is 0 Å². The largest absolute Gasteiger partial charge is 0.347 e. The van der Waals surface area contributed by atoms with Gasteiger partial charge in [-0.2, -0.15) is 0 Å². The van der Waals surface area contributed by atoms with Crippen LogP contribution in [0, 0.1) is 3.57 Å². The molecule has 0 spiro atoms. The first-order chi connectivity index (χ1) is 8.16. The third-order valence-corrected chi connectivity index (χ3v) is 4.80. The highest BCUT2D eigenvalue weighted by molar-refractivity contribution is 14.1. The lowest BCUT2D eigenvalue weighted by Gasteiger charge is -2.05. The van der Waals surface area contributed by atoms with E-state index in [1.165, 1.54) is 0 Å². The highest BCUT2D eigenvalue weighted by atomic mass is 127. The molecule has 1 heterocycles. The minimum absolute atomic E-state index is 0.0282. The molecule has 1 amide bonds. The summed E-state index contributed by atoms with van der Waals surface area (Å²) in [6.07, 6.45) is 0. The van der Waals surface area contributed by atoms with Crippen molar-refractivity contribution in [3.63, 3.8) is 0 Å². The summed E-state index contributed by atoms with van der Waals surface area (Å²) in [6.45, 7) is 0.570. The second-order valence-electron chi connectivity index (χ2n) is 3.39. The van der Waals surface area contributed by atoms with Crippen LogP contribution < -0.4 is 5.32 Å². The fourth-order valence-electron chi connectivity index (χ4n) is 1.35. The minimum Gasteiger partial charge on any atom is -0.347 e. The van der Waals surface area contributed by atoms with Crippen molar-refractivity contribution in [3.8, 4) is 0 Å². The summed E-state index contributed by atoms with van der Waals surface area (Å²) in [5.74, 6) is -0.0282. The van der Waals surface area contributed by atoms with Gasteiger partial charge in [0.25, 0.3) is 5.91 Å². The number of thiophene rings is 1. The molecule has 0 aliphatic heterocycles. The van der Waals surface area contributed by atoms with Crippen LogP contribution in [0.3, 0.4) is 0 Å². The maximum absolute atomic E-state index is 11.9. The van der Waals surface area contributed by atoms with Crippen LogP contribution in [-0.2, 0) is 6.54 Å². The molecular weight excluding hydrogens is 413 g/mol. The zero-order valence-corrected chi connectivity index (χ0v) is 13.3. The number of nitrogens with one attached hydrogen (secondary N) is 1. The molecule has 0 aliphatic carbocycles. The number of hydrogen-bond acceptors (Lipinski definition) is 2. The summed E-state index contributed by atoms with van der Waals surface area (Å²) < 4.78 is 2.02. The summed E-state index contributed by atoms with van der Waals surface area (Å²) in [6, 6.07) is 9.58. The van der Waals surface area contributed by atoms with E-state index in [9.17, 15) is 4.79 Å². The zero-order valence-electron chi connectivity index (χ0n) is 8.74. The lowest BCUT2D eigenvalue weighted by molar-refractivity contribution is 0.0950. The van der Waals surface area contributed by atoms with Gasteiger partial charge in [0.15, 0.2) is 0 Å². The third-order valence-electron chi connectivity index (χ3n) is 2.16. The van der Waals surface area contributed by atoms with Crippen molar-refractivity contribution < 1.29 is 4.79 Å². The van der Waals surface area contributed by atoms with Crippen LogP contribution in [0.2, 0.25) is 0 Å². The average Bonchev–Trinajstić information content (AvgIpc) is 2.73. The van der Waals surface area contributed by atoms with Gasteiger partial charge in [0, 0.05) is 18.3 Å². The second kappa shape index (κ2) is 5.97. The summed E-state index contributed by atoms with van der Waals surface area (Å²) in [7, 11) is 0. The van der Waals surface area contributed by atoms with E-state index in [0.717, 1.165) is 18.5 Å². The first-order valence-corrected chi connectivity index (χ1v) is 7.67. The van der Waals surface area contributed by atoms with Crippen LogP contribution >= 0.6 is 49.9 Å². The SMILES string of the molecule is O=C(NCc1cc(Br)cs1)c1ccccc1I. The zero-order chi connectivity index (χ0) is 12.3. The number of rotatable bonds is 3. The fraction of sp³-hybridized carbons (Fsp3) is 0.0833. The number of halogens is 2. The Labute approximate surface area is 126 Å². The molecule has 0 saturated heterocycles. The van der Waals surface area contributed by atoms with Crippen LogP contribution in [-0.4, -0.2) is 5.91 Å². The summed E-state index contributed by atoms with van der Waals surface area (Å²) >= 11 is 7.19. The molecule has 5 heteroatoms. The molecule has 0 unspecified atom stereocenters. The third kappa shape index (κ3) is 3.53. The predicted octanol–water partition coefficient (Wildman–Crippen LogP) is 4.05. The van der Waals surface area contributed by atoms with Gasteiger partial charge in [0.2, 0.25) is 0 Å². The summed E-state index contributed by atoms with van der Waals surface area (Å²) in [5, 5.41) is 4.92. The normalized spacial score (nSPS) is 10.2. The standard InChI is InChI=1S/C12H9BrINOS/c13-8-5-9(17-7-8)6-15-12(16)10-3-1-2-4-11(10)14/h1-5,7H,6H2,(H,15,16). The van der Waals surface area contributed by atoms with E-state index < -0.39 is 0 Å². The molecule has 2 nitrogen and oxygen atoms in total. The van der Waals surface area contributed by atoms with Crippen LogP contribution in [0.15, 0.2) is 40.2 Å². The van der Waals surface area contributed by atoms with Crippen LogP contribution in [0.25, 0.3) is 0 Å². The second-order valence-corrected chi connectivity index (χ2v) is 6.47. The van der Waals surface area contributed by atoms with Crippen LogP contribution in [0.4, 0.5) is 0 Å². The van der Waals surface area contributed by atoms with E-state index >= 15 is 0 Å². The molecule has 0 fully saturated rings. The Morgan fingerprint density at radius 2 is 2.18 bits per heavy atom. The van der Waals surface area contributed by atoms with Gasteiger partial charge in [-0.15, -0.1) is 11.3 Å². The highest BCUT2D eigenvalue weighted by Gasteiger charge is 2.08. The first-order valence-electron chi connectivity index (χ1n) is 4.92. The van der Waals surface area contributed by atoms with Crippen molar-refractivity contribution in [2.24, 2.45) is 0 Å². The molecule has 2 aromatic rings. The van der Waals surface area contributed by atoms with Crippen molar-refractivity contribution in [1.29, 1.82) is 0 Å². The maximum Gasteiger partial charge on any atom is 0.252 e. The fourth-order valence-corrected chi connectivity index (χ4v) is 3.38. The van der Waals surface area contributed by atoms with E-state index in [1.807, 2.05) is 35.7 Å². The van der Waals surface area contributed by atoms with Crippen molar-refractivity contribution in [2.45, 2.75) is 6.54 Å². The summed E-state index contributed by atoms with van der Waals surface area (Å²) in [5.41, 5.74) is 0.726. The molecule has 2 rings (SSSR count). The smallest absolute Gasteiger partial charge is 0.252 e. The molecule has 1 N–H and O–H groups in total. The van der Waals surface area contributed by atoms with Crippen molar-refractivity contribution in [3.05, 3.63) is 54.2 Å². The molecule has 0 aliphatic rings. The first kappa shape index (κ1) is 13.0. The van der Waals surface area contributed by atoms with Crippen LogP contribution in [0.1, 0.15) is 15.2 Å². The Bertz CT molecular complexity index is 541. The molecule has 0 atom stereocenters. The molecule has 0 radical (unpaired) electrons. The average molecular weight is 422 g/mol. The van der Waals surface area contributed by atoms with Gasteiger partial charge in [0.1, 0.15) is 0 Å². The van der Waals surface area contributed by atoms with Gasteiger partial charge < -0.3 is 5.32 Å².